The SMILES string of the molecule is C=CCOc1ccccc1NC(=O)CCc1cc(=O)[nH]o1. The largest absolute Gasteiger partial charge is 0.487 e. The molecule has 1 aromatic carbocycles. The van der Waals surface area contributed by atoms with E-state index in [4.69, 9.17) is 9.26 Å². The fraction of sp³-hybridized carbons (Fsp3) is 0.200. The minimum Gasteiger partial charge on any atom is -0.487 e. The Bertz CT molecular complexity index is 672. The van der Waals surface area contributed by atoms with E-state index < -0.39 is 0 Å². The van der Waals surface area contributed by atoms with Gasteiger partial charge in [-0.25, -0.2) is 0 Å². The Balaban J connectivity index is 1.92. The number of amides is 1. The molecule has 0 spiro atoms. The fourth-order valence-corrected chi connectivity index (χ4v) is 1.74. The van der Waals surface area contributed by atoms with Gasteiger partial charge in [0.15, 0.2) is 0 Å². The second-order valence-electron chi connectivity index (χ2n) is 4.32. The highest BCUT2D eigenvalue weighted by Gasteiger charge is 2.09. The Morgan fingerprint density at radius 2 is 2.24 bits per heavy atom. The van der Waals surface area contributed by atoms with Crippen LogP contribution in [0.4, 0.5) is 5.69 Å². The highest BCUT2D eigenvalue weighted by atomic mass is 16.5. The number of rotatable bonds is 7. The lowest BCUT2D eigenvalue weighted by molar-refractivity contribution is -0.116. The molecule has 1 aromatic heterocycles. The summed E-state index contributed by atoms with van der Waals surface area (Å²) in [6.45, 7) is 3.94. The summed E-state index contributed by atoms with van der Waals surface area (Å²) in [5, 5.41) is 4.95. The van der Waals surface area contributed by atoms with Gasteiger partial charge >= 0.3 is 0 Å². The van der Waals surface area contributed by atoms with Crippen LogP contribution in [-0.4, -0.2) is 17.7 Å². The van der Waals surface area contributed by atoms with Crippen molar-refractivity contribution in [1.29, 1.82) is 0 Å². The molecule has 2 N–H and O–H groups in total. The molecular formula is C15H16N2O4. The van der Waals surface area contributed by atoms with Gasteiger partial charge in [-0.15, -0.1) is 0 Å². The average Bonchev–Trinajstić information content (AvgIpc) is 2.90. The normalized spacial score (nSPS) is 10.1. The summed E-state index contributed by atoms with van der Waals surface area (Å²) in [6, 6.07) is 8.48. The third-order valence-corrected chi connectivity index (χ3v) is 2.69. The van der Waals surface area contributed by atoms with Crippen molar-refractivity contribution in [1.82, 2.24) is 5.16 Å². The van der Waals surface area contributed by atoms with Crippen molar-refractivity contribution in [3.63, 3.8) is 0 Å². The van der Waals surface area contributed by atoms with Crippen molar-refractivity contribution in [3.8, 4) is 5.75 Å². The van der Waals surface area contributed by atoms with Gasteiger partial charge in [0, 0.05) is 18.9 Å². The molecule has 0 saturated carbocycles. The third kappa shape index (κ3) is 4.38. The molecule has 1 amide bonds. The van der Waals surface area contributed by atoms with Crippen LogP contribution in [0.25, 0.3) is 0 Å². The van der Waals surface area contributed by atoms with Crippen LogP contribution in [0.1, 0.15) is 12.2 Å². The molecule has 21 heavy (non-hydrogen) atoms. The maximum Gasteiger partial charge on any atom is 0.280 e. The highest BCUT2D eigenvalue weighted by molar-refractivity contribution is 5.92. The van der Waals surface area contributed by atoms with E-state index in [1.807, 2.05) is 12.1 Å². The number of hydrogen-bond donors (Lipinski definition) is 2. The van der Waals surface area contributed by atoms with E-state index in [0.29, 0.717) is 30.2 Å². The zero-order valence-electron chi connectivity index (χ0n) is 11.4. The van der Waals surface area contributed by atoms with Crippen molar-refractivity contribution >= 4 is 11.6 Å². The topological polar surface area (TPSA) is 84.3 Å². The monoisotopic (exact) mass is 288 g/mol. The first-order valence-corrected chi connectivity index (χ1v) is 6.49. The first-order valence-electron chi connectivity index (χ1n) is 6.49. The first-order chi connectivity index (χ1) is 10.2. The minimum absolute atomic E-state index is 0.187. The molecule has 0 saturated heterocycles. The van der Waals surface area contributed by atoms with Gasteiger partial charge in [-0.1, -0.05) is 24.8 Å². The summed E-state index contributed by atoms with van der Waals surface area (Å²) in [5.74, 6) is 0.846. The van der Waals surface area contributed by atoms with Crippen molar-refractivity contribution in [3.05, 3.63) is 59.1 Å². The number of aromatic nitrogens is 1. The molecule has 0 aliphatic carbocycles. The van der Waals surface area contributed by atoms with Crippen molar-refractivity contribution in [2.45, 2.75) is 12.8 Å². The first kappa shape index (κ1) is 14.6. The molecule has 0 aliphatic heterocycles. The smallest absolute Gasteiger partial charge is 0.280 e. The Hall–Kier alpha value is -2.76. The van der Waals surface area contributed by atoms with Gasteiger partial charge in [0.05, 0.1) is 5.69 Å². The molecule has 6 nitrogen and oxygen atoms in total. The molecule has 2 rings (SSSR count). The van der Waals surface area contributed by atoms with Crippen molar-refractivity contribution in [2.24, 2.45) is 0 Å². The number of H-pyrrole nitrogens is 1. The second-order valence-corrected chi connectivity index (χ2v) is 4.32. The Labute approximate surface area is 121 Å². The van der Waals surface area contributed by atoms with E-state index in [1.165, 1.54) is 6.07 Å². The van der Waals surface area contributed by atoms with Crippen LogP contribution in [0.15, 0.2) is 52.3 Å². The van der Waals surface area contributed by atoms with Crippen LogP contribution < -0.4 is 15.6 Å². The molecule has 0 radical (unpaired) electrons. The molecule has 0 bridgehead atoms. The van der Waals surface area contributed by atoms with Crippen LogP contribution in [-0.2, 0) is 11.2 Å². The standard InChI is InChI=1S/C15H16N2O4/c1-2-9-20-13-6-4-3-5-12(13)16-14(18)8-7-11-10-15(19)17-21-11/h2-6,10H,1,7-9H2,(H,16,18)(H,17,19). The number of ether oxygens (including phenoxy) is 1. The van der Waals surface area contributed by atoms with Gasteiger partial charge in [-0.3, -0.25) is 9.59 Å². The molecule has 6 heteroatoms. The van der Waals surface area contributed by atoms with E-state index >= 15 is 0 Å². The maximum absolute atomic E-state index is 11.9. The molecular weight excluding hydrogens is 272 g/mol. The quantitative estimate of drug-likeness (QED) is 0.764. The van der Waals surface area contributed by atoms with E-state index in [2.05, 4.69) is 17.1 Å². The summed E-state index contributed by atoms with van der Waals surface area (Å²) < 4.78 is 10.3. The number of aromatic amines is 1. The number of carbonyl (C=O) groups is 1. The van der Waals surface area contributed by atoms with Gasteiger partial charge in [0.1, 0.15) is 18.1 Å². The van der Waals surface area contributed by atoms with Gasteiger partial charge in [-0.05, 0) is 12.1 Å². The number of carbonyl (C=O) groups excluding carboxylic acids is 1. The number of anilines is 1. The lowest BCUT2D eigenvalue weighted by atomic mass is 10.2. The Kier molecular flexibility index (Phi) is 4.98. The average molecular weight is 288 g/mol. The van der Waals surface area contributed by atoms with Crippen LogP contribution in [0.3, 0.4) is 0 Å². The van der Waals surface area contributed by atoms with Gasteiger partial charge in [-0.2, -0.15) is 5.16 Å². The van der Waals surface area contributed by atoms with E-state index in [-0.39, 0.29) is 17.9 Å². The van der Waals surface area contributed by atoms with Crippen molar-refractivity contribution < 1.29 is 14.1 Å². The zero-order valence-corrected chi connectivity index (χ0v) is 11.4. The molecule has 0 atom stereocenters. The Morgan fingerprint density at radius 3 is 2.95 bits per heavy atom. The third-order valence-electron chi connectivity index (χ3n) is 2.69. The second kappa shape index (κ2) is 7.14. The molecule has 110 valence electrons. The number of para-hydroxylation sites is 2. The van der Waals surface area contributed by atoms with Crippen molar-refractivity contribution in [2.75, 3.05) is 11.9 Å². The molecule has 0 aliphatic rings. The van der Waals surface area contributed by atoms with Gasteiger partial charge < -0.3 is 14.6 Å². The fourth-order valence-electron chi connectivity index (χ4n) is 1.74. The number of nitrogens with one attached hydrogen (secondary N) is 2. The lowest BCUT2D eigenvalue weighted by Crippen LogP contribution is -2.13. The predicted molar refractivity (Wildman–Crippen MR) is 78.4 cm³/mol. The number of aryl methyl sites for hydroxylation is 1. The summed E-state index contributed by atoms with van der Waals surface area (Å²) >= 11 is 0. The highest BCUT2D eigenvalue weighted by Crippen LogP contribution is 2.23. The summed E-state index contributed by atoms with van der Waals surface area (Å²) in [7, 11) is 0. The summed E-state index contributed by atoms with van der Waals surface area (Å²) in [5.41, 5.74) is 0.286. The predicted octanol–water partition coefficient (Wildman–Crippen LogP) is 2.10. The van der Waals surface area contributed by atoms with Crippen LogP contribution in [0.2, 0.25) is 0 Å². The van der Waals surface area contributed by atoms with Crippen LogP contribution in [0, 0.1) is 0 Å². The lowest BCUT2D eigenvalue weighted by Gasteiger charge is -2.10. The van der Waals surface area contributed by atoms with E-state index in [0.717, 1.165) is 0 Å². The van der Waals surface area contributed by atoms with Crippen LogP contribution >= 0.6 is 0 Å². The maximum atomic E-state index is 11.9. The molecule has 0 fully saturated rings. The van der Waals surface area contributed by atoms with Gasteiger partial charge in [0.2, 0.25) is 5.91 Å². The molecule has 0 unspecified atom stereocenters. The van der Waals surface area contributed by atoms with Gasteiger partial charge in [0.25, 0.3) is 5.56 Å². The van der Waals surface area contributed by atoms with E-state index in [1.54, 1.807) is 18.2 Å². The van der Waals surface area contributed by atoms with E-state index in [9.17, 15) is 9.59 Å². The minimum atomic E-state index is -0.312. The summed E-state index contributed by atoms with van der Waals surface area (Å²) in [6.07, 6.45) is 2.18. The number of benzene rings is 1. The molecule has 1 heterocycles. The Morgan fingerprint density at radius 1 is 1.43 bits per heavy atom. The zero-order chi connectivity index (χ0) is 15.1. The van der Waals surface area contributed by atoms with Crippen LogP contribution in [0.5, 0.6) is 5.75 Å². The number of hydrogen-bond acceptors (Lipinski definition) is 4. The summed E-state index contributed by atoms with van der Waals surface area (Å²) in [4.78, 5) is 22.8. The molecule has 2 aromatic rings.